The first-order valence-electron chi connectivity index (χ1n) is 7.49. The average Bonchev–Trinajstić information content (AvgIpc) is 2.33. The Morgan fingerprint density at radius 3 is 2.37 bits per heavy atom. The summed E-state index contributed by atoms with van der Waals surface area (Å²) in [5.41, 5.74) is 7.04. The van der Waals surface area contributed by atoms with Gasteiger partial charge >= 0.3 is 0 Å². The second kappa shape index (κ2) is 5.21. The van der Waals surface area contributed by atoms with Crippen molar-refractivity contribution < 1.29 is 0 Å². The van der Waals surface area contributed by atoms with Crippen molar-refractivity contribution in [3.05, 3.63) is 0 Å². The van der Waals surface area contributed by atoms with Crippen molar-refractivity contribution in [3.63, 3.8) is 0 Å². The fourth-order valence-electron chi connectivity index (χ4n) is 3.59. The maximum Gasteiger partial charge on any atom is 0.0474 e. The van der Waals surface area contributed by atoms with Crippen LogP contribution in [0.1, 0.15) is 34.1 Å². The molecule has 0 saturated carbocycles. The lowest BCUT2D eigenvalue weighted by atomic mass is 9.69. The molecule has 2 aliphatic rings. The van der Waals surface area contributed by atoms with Gasteiger partial charge in [-0.1, -0.05) is 13.8 Å². The lowest BCUT2D eigenvalue weighted by Crippen LogP contribution is -2.71. The maximum absolute atomic E-state index is 6.30. The van der Waals surface area contributed by atoms with Crippen LogP contribution in [0.2, 0.25) is 0 Å². The van der Waals surface area contributed by atoms with E-state index in [1.54, 1.807) is 0 Å². The van der Waals surface area contributed by atoms with E-state index in [1.807, 2.05) is 0 Å². The molecule has 0 radical (unpaired) electrons. The highest BCUT2D eigenvalue weighted by Crippen LogP contribution is 2.46. The number of thioether (sulfide) groups is 1. The summed E-state index contributed by atoms with van der Waals surface area (Å²) in [4.78, 5) is 5.19. The minimum Gasteiger partial charge on any atom is -0.329 e. The van der Waals surface area contributed by atoms with Gasteiger partial charge in [-0.2, -0.15) is 11.8 Å². The molecule has 0 bridgehead atoms. The van der Waals surface area contributed by atoms with Gasteiger partial charge in [-0.3, -0.25) is 9.80 Å². The molecule has 0 aliphatic carbocycles. The monoisotopic (exact) mass is 285 g/mol. The van der Waals surface area contributed by atoms with Crippen LogP contribution in [0.5, 0.6) is 0 Å². The normalized spacial score (nSPS) is 36.3. The Labute approximate surface area is 123 Å². The fraction of sp³-hybridized carbons (Fsp3) is 1.00. The molecule has 2 heterocycles. The lowest BCUT2D eigenvalue weighted by Gasteiger charge is -2.60. The first-order chi connectivity index (χ1) is 8.75. The Kier molecular flexibility index (Phi) is 4.28. The minimum absolute atomic E-state index is 0.175. The number of hydrogen-bond donors (Lipinski definition) is 1. The first-order valence-corrected chi connectivity index (χ1v) is 8.65. The zero-order chi connectivity index (χ0) is 14.3. The molecule has 2 aliphatic heterocycles. The summed E-state index contributed by atoms with van der Waals surface area (Å²) in [6, 6.07) is 0. The van der Waals surface area contributed by atoms with Crippen LogP contribution >= 0.6 is 11.8 Å². The van der Waals surface area contributed by atoms with Crippen molar-refractivity contribution >= 4 is 11.8 Å². The quantitative estimate of drug-likeness (QED) is 0.839. The second-order valence-corrected chi connectivity index (χ2v) is 8.68. The number of hydrogen-bond acceptors (Lipinski definition) is 4. The van der Waals surface area contributed by atoms with Crippen LogP contribution in [-0.2, 0) is 0 Å². The number of rotatable bonds is 2. The smallest absolute Gasteiger partial charge is 0.0474 e. The summed E-state index contributed by atoms with van der Waals surface area (Å²) < 4.78 is 0. The topological polar surface area (TPSA) is 32.5 Å². The molecule has 0 aromatic carbocycles. The third kappa shape index (κ3) is 2.57. The Balaban J connectivity index is 2.26. The van der Waals surface area contributed by atoms with Crippen LogP contribution in [0.4, 0.5) is 0 Å². The zero-order valence-corrected chi connectivity index (χ0v) is 14.1. The predicted molar refractivity (Wildman–Crippen MR) is 85.8 cm³/mol. The second-order valence-electron chi connectivity index (χ2n) is 7.58. The van der Waals surface area contributed by atoms with Gasteiger partial charge in [-0.15, -0.1) is 0 Å². The molecule has 0 aromatic heterocycles. The van der Waals surface area contributed by atoms with Crippen LogP contribution < -0.4 is 5.73 Å². The third-order valence-electron chi connectivity index (χ3n) is 5.73. The van der Waals surface area contributed by atoms with Gasteiger partial charge in [0.25, 0.3) is 0 Å². The molecule has 0 aromatic rings. The van der Waals surface area contributed by atoms with E-state index in [9.17, 15) is 0 Å². The van der Waals surface area contributed by atoms with E-state index in [-0.39, 0.29) is 11.1 Å². The molecule has 4 heteroatoms. The van der Waals surface area contributed by atoms with E-state index in [0.717, 1.165) is 26.2 Å². The Bertz CT molecular complexity index is 329. The van der Waals surface area contributed by atoms with Gasteiger partial charge in [0.1, 0.15) is 0 Å². The molecule has 112 valence electrons. The van der Waals surface area contributed by atoms with E-state index in [1.165, 1.54) is 17.9 Å². The van der Waals surface area contributed by atoms with Gasteiger partial charge in [-0.05, 0) is 38.5 Å². The molecule has 2 rings (SSSR count). The van der Waals surface area contributed by atoms with Gasteiger partial charge in [0.2, 0.25) is 0 Å². The van der Waals surface area contributed by atoms with Gasteiger partial charge in [-0.25, -0.2) is 0 Å². The molecule has 0 spiro atoms. The van der Waals surface area contributed by atoms with E-state index in [2.05, 4.69) is 56.3 Å². The highest BCUT2D eigenvalue weighted by Gasteiger charge is 2.52. The molecule has 2 fully saturated rings. The molecule has 2 N–H and O–H groups in total. The summed E-state index contributed by atoms with van der Waals surface area (Å²) in [5, 5.41) is 0. The van der Waals surface area contributed by atoms with E-state index < -0.39 is 0 Å². The Hall–Kier alpha value is 0.230. The Morgan fingerprint density at radius 1 is 1.16 bits per heavy atom. The lowest BCUT2D eigenvalue weighted by molar-refractivity contribution is -0.0640. The number of likely N-dealkylation sites (N-methyl/N-ethyl adjacent to an activating group) is 1. The van der Waals surface area contributed by atoms with Crippen LogP contribution in [0.25, 0.3) is 0 Å². The summed E-state index contributed by atoms with van der Waals surface area (Å²) in [5.74, 6) is 2.47. The van der Waals surface area contributed by atoms with Gasteiger partial charge < -0.3 is 5.73 Å². The SMILES string of the molecule is CN1CCN(C2(CN)CSCCC2(C)C)CC1(C)C. The molecule has 3 nitrogen and oxygen atoms in total. The van der Waals surface area contributed by atoms with Crippen LogP contribution in [-0.4, -0.2) is 65.6 Å². The molecule has 19 heavy (non-hydrogen) atoms. The number of nitrogens with zero attached hydrogens (tertiary/aromatic N) is 2. The average molecular weight is 286 g/mol. The highest BCUT2D eigenvalue weighted by atomic mass is 32.2. The van der Waals surface area contributed by atoms with E-state index >= 15 is 0 Å². The van der Waals surface area contributed by atoms with Crippen molar-refractivity contribution in [1.29, 1.82) is 0 Å². The standard InChI is InChI=1S/C15H31N3S/c1-13(2)6-9-19-12-15(13,10-16)18-8-7-17(5)14(3,4)11-18/h6-12,16H2,1-5H3. The molecular weight excluding hydrogens is 254 g/mol. The third-order valence-corrected chi connectivity index (χ3v) is 6.91. The van der Waals surface area contributed by atoms with Crippen molar-refractivity contribution in [2.75, 3.05) is 44.7 Å². The Morgan fingerprint density at radius 2 is 1.84 bits per heavy atom. The van der Waals surface area contributed by atoms with Gasteiger partial charge in [0.05, 0.1) is 0 Å². The summed E-state index contributed by atoms with van der Waals surface area (Å²) in [7, 11) is 2.24. The van der Waals surface area contributed by atoms with Gasteiger partial charge in [0, 0.05) is 43.0 Å². The predicted octanol–water partition coefficient (Wildman–Crippen LogP) is 1.87. The van der Waals surface area contributed by atoms with Crippen LogP contribution in [0, 0.1) is 5.41 Å². The number of piperazine rings is 1. The molecule has 0 amide bonds. The highest BCUT2D eigenvalue weighted by molar-refractivity contribution is 7.99. The number of nitrogens with two attached hydrogens (primary N) is 1. The van der Waals surface area contributed by atoms with Crippen molar-refractivity contribution in [2.24, 2.45) is 11.1 Å². The summed E-state index contributed by atoms with van der Waals surface area (Å²) >= 11 is 2.09. The maximum atomic E-state index is 6.30. The van der Waals surface area contributed by atoms with Gasteiger partial charge in [0.15, 0.2) is 0 Å². The van der Waals surface area contributed by atoms with Crippen molar-refractivity contribution in [2.45, 2.75) is 45.2 Å². The summed E-state index contributed by atoms with van der Waals surface area (Å²) in [6.07, 6.45) is 1.28. The fourth-order valence-corrected chi connectivity index (χ4v) is 5.41. The van der Waals surface area contributed by atoms with Crippen molar-refractivity contribution in [1.82, 2.24) is 9.80 Å². The van der Waals surface area contributed by atoms with Crippen molar-refractivity contribution in [3.8, 4) is 0 Å². The summed E-state index contributed by atoms with van der Waals surface area (Å²) in [6.45, 7) is 13.8. The molecular formula is C15H31N3S. The zero-order valence-electron chi connectivity index (χ0n) is 13.3. The van der Waals surface area contributed by atoms with Crippen LogP contribution in [0.15, 0.2) is 0 Å². The minimum atomic E-state index is 0.175. The first kappa shape index (κ1) is 15.6. The molecule has 2 saturated heterocycles. The molecule has 1 unspecified atom stereocenters. The molecule has 1 atom stereocenters. The van der Waals surface area contributed by atoms with E-state index in [4.69, 9.17) is 5.73 Å². The van der Waals surface area contributed by atoms with Crippen LogP contribution in [0.3, 0.4) is 0 Å². The largest absolute Gasteiger partial charge is 0.329 e. The van der Waals surface area contributed by atoms with E-state index in [0.29, 0.717) is 5.41 Å².